The van der Waals surface area contributed by atoms with E-state index in [1.165, 1.54) is 11.4 Å². The number of fused-ring (bicyclic) bond motifs is 1. The van der Waals surface area contributed by atoms with Gasteiger partial charge in [0.25, 0.3) is 0 Å². The standard InChI is InChI=1S/C11H16N4O2S/c1-8(2)15(3)18(16,17)14-11-12-9-6-4-5-7-10(9)13-11/h4-8H,1-3H3,(H2,12,13,14). The minimum atomic E-state index is -3.57. The molecule has 0 atom stereocenters. The van der Waals surface area contributed by atoms with Crippen LogP contribution >= 0.6 is 0 Å². The molecule has 0 saturated carbocycles. The topological polar surface area (TPSA) is 78.1 Å². The summed E-state index contributed by atoms with van der Waals surface area (Å²) in [6.45, 7) is 3.61. The minimum Gasteiger partial charge on any atom is -0.323 e. The third-order valence-corrected chi connectivity index (χ3v) is 4.35. The van der Waals surface area contributed by atoms with Gasteiger partial charge in [0, 0.05) is 13.1 Å². The van der Waals surface area contributed by atoms with E-state index in [2.05, 4.69) is 14.7 Å². The Morgan fingerprint density at radius 2 is 2.00 bits per heavy atom. The van der Waals surface area contributed by atoms with Crippen LogP contribution in [0, 0.1) is 0 Å². The molecule has 98 valence electrons. The largest absolute Gasteiger partial charge is 0.323 e. The van der Waals surface area contributed by atoms with E-state index < -0.39 is 10.2 Å². The van der Waals surface area contributed by atoms with Crippen molar-refractivity contribution in [1.29, 1.82) is 0 Å². The summed E-state index contributed by atoms with van der Waals surface area (Å²) < 4.78 is 27.6. The maximum atomic E-state index is 12.0. The number of aromatic amines is 1. The molecule has 18 heavy (non-hydrogen) atoms. The van der Waals surface area contributed by atoms with Gasteiger partial charge in [0.2, 0.25) is 5.95 Å². The van der Waals surface area contributed by atoms with Crippen molar-refractivity contribution in [3.63, 3.8) is 0 Å². The molecule has 0 aliphatic carbocycles. The summed E-state index contributed by atoms with van der Waals surface area (Å²) in [7, 11) is -2.05. The van der Waals surface area contributed by atoms with Crippen molar-refractivity contribution in [2.45, 2.75) is 19.9 Å². The van der Waals surface area contributed by atoms with Crippen LogP contribution < -0.4 is 4.72 Å². The molecule has 0 fully saturated rings. The first-order chi connectivity index (χ1) is 8.40. The zero-order valence-corrected chi connectivity index (χ0v) is 11.3. The highest BCUT2D eigenvalue weighted by molar-refractivity contribution is 7.90. The fraction of sp³-hybridized carbons (Fsp3) is 0.364. The lowest BCUT2D eigenvalue weighted by Crippen LogP contribution is -2.37. The van der Waals surface area contributed by atoms with Crippen molar-refractivity contribution in [3.8, 4) is 0 Å². The zero-order valence-electron chi connectivity index (χ0n) is 10.5. The quantitative estimate of drug-likeness (QED) is 0.883. The monoisotopic (exact) mass is 268 g/mol. The predicted octanol–water partition coefficient (Wildman–Crippen LogP) is 1.56. The molecule has 1 aromatic heterocycles. The highest BCUT2D eigenvalue weighted by Crippen LogP contribution is 2.15. The Hall–Kier alpha value is -1.60. The van der Waals surface area contributed by atoms with Crippen LogP contribution in [0.4, 0.5) is 5.95 Å². The van der Waals surface area contributed by atoms with Gasteiger partial charge in [-0.05, 0) is 26.0 Å². The van der Waals surface area contributed by atoms with Gasteiger partial charge in [0.15, 0.2) is 0 Å². The molecule has 0 aliphatic heterocycles. The van der Waals surface area contributed by atoms with Crippen LogP contribution in [-0.2, 0) is 10.2 Å². The molecule has 2 rings (SSSR count). The number of aromatic nitrogens is 2. The smallest absolute Gasteiger partial charge is 0.303 e. The number of benzene rings is 1. The van der Waals surface area contributed by atoms with Gasteiger partial charge in [-0.25, -0.2) is 9.71 Å². The lowest BCUT2D eigenvalue weighted by molar-refractivity contribution is 0.414. The first kappa shape index (κ1) is 12.8. The third-order valence-electron chi connectivity index (χ3n) is 2.72. The molecule has 1 aromatic carbocycles. The van der Waals surface area contributed by atoms with E-state index in [9.17, 15) is 8.42 Å². The van der Waals surface area contributed by atoms with Gasteiger partial charge in [-0.1, -0.05) is 12.1 Å². The van der Waals surface area contributed by atoms with E-state index in [-0.39, 0.29) is 12.0 Å². The number of hydrogen-bond acceptors (Lipinski definition) is 3. The molecule has 0 spiro atoms. The van der Waals surface area contributed by atoms with Crippen LogP contribution in [0.25, 0.3) is 11.0 Å². The van der Waals surface area contributed by atoms with Crippen molar-refractivity contribution in [1.82, 2.24) is 14.3 Å². The molecule has 0 aliphatic rings. The van der Waals surface area contributed by atoms with E-state index in [1.807, 2.05) is 24.3 Å². The van der Waals surface area contributed by atoms with Gasteiger partial charge in [-0.15, -0.1) is 0 Å². The van der Waals surface area contributed by atoms with Crippen LogP contribution in [-0.4, -0.2) is 35.8 Å². The number of nitrogens with one attached hydrogen (secondary N) is 2. The molecular weight excluding hydrogens is 252 g/mol. The molecule has 0 amide bonds. The van der Waals surface area contributed by atoms with Gasteiger partial charge >= 0.3 is 10.2 Å². The fourth-order valence-electron chi connectivity index (χ4n) is 1.47. The number of imidazole rings is 1. The van der Waals surface area contributed by atoms with Crippen LogP contribution in [0.3, 0.4) is 0 Å². The Morgan fingerprint density at radius 3 is 2.61 bits per heavy atom. The van der Waals surface area contributed by atoms with Gasteiger partial charge in [-0.2, -0.15) is 12.7 Å². The molecule has 0 unspecified atom stereocenters. The van der Waals surface area contributed by atoms with Crippen molar-refractivity contribution in [3.05, 3.63) is 24.3 Å². The molecule has 2 N–H and O–H groups in total. The second-order valence-corrected chi connectivity index (χ2v) is 6.05. The first-order valence-electron chi connectivity index (χ1n) is 5.60. The van der Waals surface area contributed by atoms with E-state index in [0.29, 0.717) is 0 Å². The zero-order chi connectivity index (χ0) is 13.3. The van der Waals surface area contributed by atoms with E-state index in [1.54, 1.807) is 13.8 Å². The Kier molecular flexibility index (Phi) is 3.27. The maximum absolute atomic E-state index is 12.0. The average Bonchev–Trinajstić information content (AvgIpc) is 2.68. The average molecular weight is 268 g/mol. The Labute approximate surface area is 106 Å². The van der Waals surface area contributed by atoms with Gasteiger partial charge < -0.3 is 4.98 Å². The van der Waals surface area contributed by atoms with Gasteiger partial charge in [-0.3, -0.25) is 0 Å². The van der Waals surface area contributed by atoms with Crippen LogP contribution in [0.1, 0.15) is 13.8 Å². The maximum Gasteiger partial charge on any atom is 0.303 e. The Balaban J connectivity index is 2.28. The molecule has 6 nitrogen and oxygen atoms in total. The second-order valence-electron chi connectivity index (χ2n) is 4.32. The molecule has 0 radical (unpaired) electrons. The SMILES string of the molecule is CC(C)N(C)S(=O)(=O)Nc1nc2ccccc2[nH]1. The molecule has 7 heteroatoms. The number of anilines is 1. The van der Waals surface area contributed by atoms with Gasteiger partial charge in [0.1, 0.15) is 0 Å². The second kappa shape index (κ2) is 4.58. The summed E-state index contributed by atoms with van der Waals surface area (Å²) in [5, 5.41) is 0. The van der Waals surface area contributed by atoms with Gasteiger partial charge in [0.05, 0.1) is 11.0 Å². The summed E-state index contributed by atoms with van der Waals surface area (Å²) in [6, 6.07) is 7.25. The summed E-state index contributed by atoms with van der Waals surface area (Å²) in [5.74, 6) is 0.226. The molecule has 2 aromatic rings. The fourth-order valence-corrected chi connectivity index (χ4v) is 2.51. The lowest BCUT2D eigenvalue weighted by Gasteiger charge is -2.20. The molecule has 0 saturated heterocycles. The number of H-pyrrole nitrogens is 1. The van der Waals surface area contributed by atoms with Crippen molar-refractivity contribution in [2.75, 3.05) is 11.8 Å². The number of hydrogen-bond donors (Lipinski definition) is 2. The van der Waals surface area contributed by atoms with Crippen LogP contribution in [0.2, 0.25) is 0 Å². The van der Waals surface area contributed by atoms with Crippen molar-refractivity contribution < 1.29 is 8.42 Å². The van der Waals surface area contributed by atoms with E-state index in [4.69, 9.17) is 0 Å². The molecular formula is C11H16N4O2S. The third kappa shape index (κ3) is 2.46. The highest BCUT2D eigenvalue weighted by atomic mass is 32.2. The summed E-state index contributed by atoms with van der Waals surface area (Å²) in [5.41, 5.74) is 1.52. The van der Waals surface area contributed by atoms with Crippen LogP contribution in [0.15, 0.2) is 24.3 Å². The summed E-state index contributed by atoms with van der Waals surface area (Å²) in [4.78, 5) is 7.08. The Bertz CT molecular complexity index is 615. The van der Waals surface area contributed by atoms with E-state index >= 15 is 0 Å². The number of rotatable bonds is 4. The van der Waals surface area contributed by atoms with Crippen molar-refractivity contribution in [2.24, 2.45) is 0 Å². The molecule has 0 bridgehead atoms. The number of para-hydroxylation sites is 2. The lowest BCUT2D eigenvalue weighted by atomic mass is 10.3. The van der Waals surface area contributed by atoms with E-state index in [0.717, 1.165) is 11.0 Å². The van der Waals surface area contributed by atoms with Crippen LogP contribution in [0.5, 0.6) is 0 Å². The Morgan fingerprint density at radius 1 is 1.33 bits per heavy atom. The minimum absolute atomic E-state index is 0.119. The van der Waals surface area contributed by atoms with Crippen molar-refractivity contribution >= 4 is 27.2 Å². The number of nitrogens with zero attached hydrogens (tertiary/aromatic N) is 2. The highest BCUT2D eigenvalue weighted by Gasteiger charge is 2.21. The normalized spacial score (nSPS) is 12.5. The summed E-state index contributed by atoms with van der Waals surface area (Å²) in [6.07, 6.45) is 0. The predicted molar refractivity (Wildman–Crippen MR) is 71.5 cm³/mol. The molecule has 1 heterocycles. The first-order valence-corrected chi connectivity index (χ1v) is 7.04. The summed E-state index contributed by atoms with van der Waals surface area (Å²) >= 11 is 0.